The Labute approximate surface area is 119 Å². The van der Waals surface area contributed by atoms with Gasteiger partial charge in [0.25, 0.3) is 0 Å². The fraction of sp³-hybridized carbons (Fsp3) is 0.533. The van der Waals surface area contributed by atoms with E-state index >= 15 is 0 Å². The summed E-state index contributed by atoms with van der Waals surface area (Å²) in [6.07, 6.45) is -0.150. The second kappa shape index (κ2) is 8.68. The molecule has 0 radical (unpaired) electrons. The number of hydrogen-bond acceptors (Lipinski definition) is 5. The van der Waals surface area contributed by atoms with Crippen molar-refractivity contribution in [3.63, 3.8) is 0 Å². The molecule has 0 saturated heterocycles. The lowest BCUT2D eigenvalue weighted by Gasteiger charge is -2.23. The molecule has 1 rings (SSSR count). The van der Waals surface area contributed by atoms with Crippen molar-refractivity contribution in [1.82, 2.24) is 5.32 Å². The molecule has 3 N–H and O–H groups in total. The first-order valence-corrected chi connectivity index (χ1v) is 6.74. The molecule has 0 saturated carbocycles. The van der Waals surface area contributed by atoms with Crippen LogP contribution in [0, 0.1) is 6.92 Å². The molecular formula is C15H23NO4. The summed E-state index contributed by atoms with van der Waals surface area (Å²) in [6, 6.07) is 7.09. The van der Waals surface area contributed by atoms with Crippen LogP contribution in [0.5, 0.6) is 0 Å². The maximum absolute atomic E-state index is 11.4. The lowest BCUT2D eigenvalue weighted by molar-refractivity contribution is -0.142. The van der Waals surface area contributed by atoms with Crippen LogP contribution in [0.2, 0.25) is 0 Å². The number of aliphatic hydroxyl groups is 2. The van der Waals surface area contributed by atoms with Crippen LogP contribution in [-0.4, -0.2) is 42.5 Å². The van der Waals surface area contributed by atoms with Gasteiger partial charge in [-0.1, -0.05) is 29.8 Å². The minimum absolute atomic E-state index is 0.0680. The zero-order valence-corrected chi connectivity index (χ0v) is 12.0. The van der Waals surface area contributed by atoms with E-state index in [1.54, 1.807) is 0 Å². The van der Waals surface area contributed by atoms with Crippen molar-refractivity contribution in [1.29, 1.82) is 0 Å². The van der Waals surface area contributed by atoms with E-state index in [1.807, 2.05) is 31.2 Å². The van der Waals surface area contributed by atoms with Crippen LogP contribution in [0.3, 0.4) is 0 Å². The number of aryl methyl sites for hydroxylation is 1. The summed E-state index contributed by atoms with van der Waals surface area (Å²) in [5, 5.41) is 22.3. The van der Waals surface area contributed by atoms with Crippen molar-refractivity contribution in [2.45, 2.75) is 31.9 Å². The Kier molecular flexibility index (Phi) is 7.22. The van der Waals surface area contributed by atoms with E-state index in [4.69, 9.17) is 5.11 Å². The fourth-order valence-electron chi connectivity index (χ4n) is 1.92. The average molecular weight is 281 g/mol. The maximum Gasteiger partial charge on any atom is 0.307 e. The number of hydrogen-bond donors (Lipinski definition) is 3. The van der Waals surface area contributed by atoms with Gasteiger partial charge in [-0.05, 0) is 25.5 Å². The van der Waals surface area contributed by atoms with Gasteiger partial charge in [-0.3, -0.25) is 4.79 Å². The monoisotopic (exact) mass is 281 g/mol. The molecule has 0 bridgehead atoms. The fourth-order valence-corrected chi connectivity index (χ4v) is 1.92. The number of rotatable bonds is 8. The molecular weight excluding hydrogens is 258 g/mol. The Morgan fingerprint density at radius 3 is 2.55 bits per heavy atom. The van der Waals surface area contributed by atoms with Crippen LogP contribution in [0.15, 0.2) is 24.3 Å². The molecule has 0 aromatic heterocycles. The first-order valence-electron chi connectivity index (χ1n) is 6.74. The van der Waals surface area contributed by atoms with Crippen LogP contribution in [0.4, 0.5) is 0 Å². The van der Waals surface area contributed by atoms with Gasteiger partial charge in [0, 0.05) is 12.6 Å². The van der Waals surface area contributed by atoms with Gasteiger partial charge in [0.05, 0.1) is 19.6 Å². The van der Waals surface area contributed by atoms with Crippen molar-refractivity contribution in [3.05, 3.63) is 35.4 Å². The average Bonchev–Trinajstić information content (AvgIpc) is 2.46. The summed E-state index contributed by atoms with van der Waals surface area (Å²) in [7, 11) is 1.32. The number of nitrogens with one attached hydrogen (secondary N) is 1. The molecule has 0 spiro atoms. The van der Waals surface area contributed by atoms with E-state index in [1.165, 1.54) is 7.11 Å². The number of esters is 1. The Bertz CT molecular complexity index is 405. The molecule has 20 heavy (non-hydrogen) atoms. The Morgan fingerprint density at radius 2 is 2.00 bits per heavy atom. The predicted octanol–water partition coefficient (Wildman–Crippen LogP) is 0.932. The molecule has 5 nitrogen and oxygen atoms in total. The lowest BCUT2D eigenvalue weighted by Crippen LogP contribution is -2.38. The van der Waals surface area contributed by atoms with Gasteiger partial charge in [-0.2, -0.15) is 0 Å². The Morgan fingerprint density at radius 1 is 1.35 bits per heavy atom. The highest BCUT2D eigenvalue weighted by Crippen LogP contribution is 2.20. The van der Waals surface area contributed by atoms with Crippen molar-refractivity contribution in [3.8, 4) is 0 Å². The van der Waals surface area contributed by atoms with Gasteiger partial charge in [0.2, 0.25) is 0 Å². The molecule has 0 aliphatic rings. The second-order valence-corrected chi connectivity index (χ2v) is 4.77. The number of ether oxygens (including phenoxy) is 1. The molecule has 0 amide bonds. The molecule has 2 atom stereocenters. The van der Waals surface area contributed by atoms with Crippen LogP contribution < -0.4 is 5.32 Å². The van der Waals surface area contributed by atoms with Crippen molar-refractivity contribution >= 4 is 5.97 Å². The van der Waals surface area contributed by atoms with E-state index in [-0.39, 0.29) is 19.0 Å². The van der Waals surface area contributed by atoms with Crippen molar-refractivity contribution in [2.24, 2.45) is 0 Å². The molecule has 0 aliphatic heterocycles. The predicted molar refractivity (Wildman–Crippen MR) is 76.3 cm³/mol. The normalized spacial score (nSPS) is 13.8. The van der Waals surface area contributed by atoms with Crippen LogP contribution in [0.1, 0.15) is 30.1 Å². The standard InChI is InChI=1S/C15H23NO4/c1-11-4-6-12(7-5-11)15(19)13(10-14(18)20-2)16-8-3-9-17/h4-7,13,15-17,19H,3,8-10H2,1-2H3. The second-order valence-electron chi connectivity index (χ2n) is 4.77. The largest absolute Gasteiger partial charge is 0.469 e. The van der Waals surface area contributed by atoms with Gasteiger partial charge in [0.15, 0.2) is 0 Å². The van der Waals surface area contributed by atoms with Gasteiger partial charge >= 0.3 is 5.97 Å². The number of methoxy groups -OCH3 is 1. The summed E-state index contributed by atoms with van der Waals surface area (Å²) in [5.41, 5.74) is 1.86. The van der Waals surface area contributed by atoms with E-state index in [0.717, 1.165) is 11.1 Å². The molecule has 0 aliphatic carbocycles. The van der Waals surface area contributed by atoms with Gasteiger partial charge in [-0.25, -0.2) is 0 Å². The van der Waals surface area contributed by atoms with Gasteiger partial charge in [0.1, 0.15) is 0 Å². The molecule has 0 heterocycles. The van der Waals surface area contributed by atoms with Crippen molar-refractivity contribution in [2.75, 3.05) is 20.3 Å². The zero-order chi connectivity index (χ0) is 15.0. The third-order valence-corrected chi connectivity index (χ3v) is 3.16. The van der Waals surface area contributed by atoms with Crippen LogP contribution >= 0.6 is 0 Å². The summed E-state index contributed by atoms with van der Waals surface area (Å²) in [4.78, 5) is 11.4. The van der Waals surface area contributed by atoms with Gasteiger partial charge in [-0.15, -0.1) is 0 Å². The quantitative estimate of drug-likeness (QED) is 0.488. The first-order chi connectivity index (χ1) is 9.58. The SMILES string of the molecule is COC(=O)CC(NCCCO)C(O)c1ccc(C)cc1. The zero-order valence-electron chi connectivity index (χ0n) is 12.0. The smallest absolute Gasteiger partial charge is 0.307 e. The van der Waals surface area contributed by atoms with Crippen LogP contribution in [-0.2, 0) is 9.53 Å². The van der Waals surface area contributed by atoms with E-state index < -0.39 is 12.1 Å². The van der Waals surface area contributed by atoms with E-state index in [9.17, 15) is 9.90 Å². The Balaban J connectivity index is 2.73. The molecule has 2 unspecified atom stereocenters. The summed E-state index contributed by atoms with van der Waals surface area (Å²) in [6.45, 7) is 2.57. The number of carbonyl (C=O) groups excluding carboxylic acids is 1. The minimum Gasteiger partial charge on any atom is -0.469 e. The molecule has 0 fully saturated rings. The summed E-state index contributed by atoms with van der Waals surface area (Å²) < 4.78 is 4.65. The topological polar surface area (TPSA) is 78.8 Å². The van der Waals surface area contributed by atoms with Crippen molar-refractivity contribution < 1.29 is 19.7 Å². The number of carbonyl (C=O) groups is 1. The highest BCUT2D eigenvalue weighted by Gasteiger charge is 2.23. The molecule has 112 valence electrons. The van der Waals surface area contributed by atoms with E-state index in [2.05, 4.69) is 10.1 Å². The minimum atomic E-state index is -0.798. The molecule has 1 aromatic rings. The lowest BCUT2D eigenvalue weighted by atomic mass is 9.98. The summed E-state index contributed by atoms with van der Waals surface area (Å²) >= 11 is 0. The third kappa shape index (κ3) is 5.28. The number of benzene rings is 1. The highest BCUT2D eigenvalue weighted by atomic mass is 16.5. The summed E-state index contributed by atoms with van der Waals surface area (Å²) in [5.74, 6) is -0.377. The first kappa shape index (κ1) is 16.6. The molecule has 1 aromatic carbocycles. The maximum atomic E-state index is 11.4. The van der Waals surface area contributed by atoms with E-state index in [0.29, 0.717) is 13.0 Å². The van der Waals surface area contributed by atoms with Crippen LogP contribution in [0.25, 0.3) is 0 Å². The number of aliphatic hydroxyl groups excluding tert-OH is 2. The highest BCUT2D eigenvalue weighted by molar-refractivity contribution is 5.70. The Hall–Kier alpha value is -1.43. The molecule has 5 heteroatoms. The van der Waals surface area contributed by atoms with Gasteiger partial charge < -0.3 is 20.3 Å². The third-order valence-electron chi connectivity index (χ3n) is 3.16.